The Morgan fingerprint density at radius 2 is 2.31 bits per heavy atom. The summed E-state index contributed by atoms with van der Waals surface area (Å²) >= 11 is 5.48. The molecule has 0 aromatic heterocycles. The number of halogens is 1. The normalized spacial score (nSPS) is 15.6. The van der Waals surface area contributed by atoms with Crippen molar-refractivity contribution in [3.05, 3.63) is 0 Å². The number of carbonyl (C=O) groups is 2. The van der Waals surface area contributed by atoms with Crippen molar-refractivity contribution in [2.24, 2.45) is 0 Å². The van der Waals surface area contributed by atoms with Crippen LogP contribution in [0.3, 0.4) is 0 Å². The molecule has 0 aromatic rings. The third-order valence-corrected chi connectivity index (χ3v) is 2.50. The molecule has 1 rings (SSSR count). The fraction of sp³-hybridized carbons (Fsp3) is 0.700. The highest BCUT2D eigenvalue weighted by Gasteiger charge is 2.24. The molecule has 1 heterocycles. The number of alkyl halides is 1. The van der Waals surface area contributed by atoms with Gasteiger partial charge in [0.05, 0.1) is 13.2 Å². The van der Waals surface area contributed by atoms with E-state index in [9.17, 15) is 9.59 Å². The van der Waals surface area contributed by atoms with Gasteiger partial charge >= 0.3 is 5.97 Å². The van der Waals surface area contributed by atoms with E-state index in [0.29, 0.717) is 26.2 Å². The molecule has 16 heavy (non-hydrogen) atoms. The van der Waals surface area contributed by atoms with Crippen LogP contribution in [-0.4, -0.2) is 54.6 Å². The van der Waals surface area contributed by atoms with Crippen LogP contribution in [0.4, 0.5) is 0 Å². The predicted octanol–water partition coefficient (Wildman–Crippen LogP) is -1.46. The third kappa shape index (κ3) is 3.81. The van der Waals surface area contributed by atoms with Gasteiger partial charge in [0.2, 0.25) is 5.91 Å². The summed E-state index contributed by atoms with van der Waals surface area (Å²) in [4.78, 5) is 27.3. The van der Waals surface area contributed by atoms with Crippen molar-refractivity contribution in [2.75, 3.05) is 32.1 Å². The van der Waals surface area contributed by atoms with E-state index in [1.54, 1.807) is 11.8 Å². The van der Waals surface area contributed by atoms with Crippen LogP contribution < -0.4 is 4.99 Å². The van der Waals surface area contributed by atoms with E-state index < -0.39 is 0 Å². The molecule has 0 fully saturated rings. The first-order valence-electron chi connectivity index (χ1n) is 5.25. The Balaban J connectivity index is 2.47. The Labute approximate surface area is 99.4 Å². The van der Waals surface area contributed by atoms with Gasteiger partial charge in [0.15, 0.2) is 12.3 Å². The van der Waals surface area contributed by atoms with Gasteiger partial charge in [-0.05, 0) is 6.92 Å². The van der Waals surface area contributed by atoms with E-state index in [-0.39, 0.29) is 24.2 Å². The Morgan fingerprint density at radius 3 is 2.94 bits per heavy atom. The first-order valence-corrected chi connectivity index (χ1v) is 5.78. The predicted molar refractivity (Wildman–Crippen MR) is 59.4 cm³/mol. The molecule has 1 aliphatic rings. The van der Waals surface area contributed by atoms with Crippen molar-refractivity contribution in [3.63, 3.8) is 0 Å². The number of carbonyl (C=O) groups excluding carboxylic acids is 2. The summed E-state index contributed by atoms with van der Waals surface area (Å²) in [6, 6.07) is 0. The van der Waals surface area contributed by atoms with Crippen LogP contribution in [0.25, 0.3) is 0 Å². The molecule has 0 radical (unpaired) electrons. The summed E-state index contributed by atoms with van der Waals surface area (Å²) in [6.07, 6.45) is 0.208. The smallest absolute Gasteiger partial charge is 0.316 e. The maximum absolute atomic E-state index is 11.4. The molecule has 1 aliphatic heterocycles. The van der Waals surface area contributed by atoms with Gasteiger partial charge in [-0.15, -0.1) is 11.6 Å². The summed E-state index contributed by atoms with van der Waals surface area (Å²) in [5, 5.41) is 0. The average Bonchev–Trinajstić information content (AvgIpc) is 2.28. The number of ether oxygens (including phenoxy) is 1. The second-order valence-electron chi connectivity index (χ2n) is 3.46. The average molecular weight is 248 g/mol. The summed E-state index contributed by atoms with van der Waals surface area (Å²) in [5.41, 5.74) is 0.808. The first kappa shape index (κ1) is 13.0. The maximum Gasteiger partial charge on any atom is 0.316 e. The fourth-order valence-corrected chi connectivity index (χ4v) is 1.70. The monoisotopic (exact) mass is 247 g/mol. The second-order valence-corrected chi connectivity index (χ2v) is 3.73. The zero-order valence-corrected chi connectivity index (χ0v) is 10.0. The van der Waals surface area contributed by atoms with Crippen LogP contribution >= 0.6 is 11.6 Å². The molecule has 5 nitrogen and oxygen atoms in total. The zero-order chi connectivity index (χ0) is 12.0. The number of amides is 1. The van der Waals surface area contributed by atoms with Crippen LogP contribution in [0.15, 0.2) is 0 Å². The van der Waals surface area contributed by atoms with Crippen molar-refractivity contribution >= 4 is 29.2 Å². The highest BCUT2D eigenvalue weighted by molar-refractivity contribution is 6.27. The molecule has 0 aromatic carbocycles. The lowest BCUT2D eigenvalue weighted by Crippen LogP contribution is -2.80. The van der Waals surface area contributed by atoms with Crippen LogP contribution in [-0.2, 0) is 14.3 Å². The lowest BCUT2D eigenvalue weighted by atomic mass is 10.2. The largest absolute Gasteiger partial charge is 0.466 e. The van der Waals surface area contributed by atoms with Crippen molar-refractivity contribution < 1.29 is 19.3 Å². The van der Waals surface area contributed by atoms with Crippen LogP contribution in [0.2, 0.25) is 0 Å². The van der Waals surface area contributed by atoms with E-state index in [1.165, 1.54) is 0 Å². The molecule has 0 saturated heterocycles. The van der Waals surface area contributed by atoms with E-state index in [2.05, 4.69) is 4.99 Å². The molecule has 0 atom stereocenters. The summed E-state index contributed by atoms with van der Waals surface area (Å²) in [5.74, 6) is -0.401. The van der Waals surface area contributed by atoms with Crippen LogP contribution in [0.5, 0.6) is 0 Å². The van der Waals surface area contributed by atoms with E-state index in [1.807, 2.05) is 0 Å². The Kier molecular flexibility index (Phi) is 5.25. The van der Waals surface area contributed by atoms with Gasteiger partial charge in [0, 0.05) is 0 Å². The Morgan fingerprint density at radius 1 is 1.56 bits per heavy atom. The lowest BCUT2D eigenvalue weighted by molar-refractivity contribution is -0.465. The number of hydrogen-bond acceptors (Lipinski definition) is 3. The van der Waals surface area contributed by atoms with Gasteiger partial charge in [-0.3, -0.25) is 9.59 Å². The van der Waals surface area contributed by atoms with Crippen molar-refractivity contribution in [1.29, 1.82) is 0 Å². The van der Waals surface area contributed by atoms with Gasteiger partial charge in [0.1, 0.15) is 18.8 Å². The van der Waals surface area contributed by atoms with Crippen molar-refractivity contribution in [3.8, 4) is 0 Å². The molecular formula is C10H16ClN2O3+. The van der Waals surface area contributed by atoms with Crippen molar-refractivity contribution in [2.45, 2.75) is 13.3 Å². The molecule has 1 N–H and O–H groups in total. The Bertz CT molecular complexity index is 304. The minimum Gasteiger partial charge on any atom is -0.466 e. The fourth-order valence-electron chi connectivity index (χ4n) is 1.54. The maximum atomic E-state index is 11.4. The van der Waals surface area contributed by atoms with Gasteiger partial charge in [-0.1, -0.05) is 0 Å². The molecular weight excluding hydrogens is 232 g/mol. The minimum atomic E-state index is -0.273. The van der Waals surface area contributed by atoms with Crippen LogP contribution in [0, 0.1) is 0 Å². The lowest BCUT2D eigenvalue weighted by Gasteiger charge is -2.22. The molecule has 0 unspecified atom stereocenters. The summed E-state index contributed by atoms with van der Waals surface area (Å²) < 4.78 is 4.84. The van der Waals surface area contributed by atoms with E-state index >= 15 is 0 Å². The van der Waals surface area contributed by atoms with E-state index in [0.717, 1.165) is 5.71 Å². The molecule has 0 bridgehead atoms. The topological polar surface area (TPSA) is 60.6 Å². The summed E-state index contributed by atoms with van der Waals surface area (Å²) in [6.45, 7) is 3.84. The van der Waals surface area contributed by atoms with Gasteiger partial charge in [-0.25, -0.2) is 4.99 Å². The van der Waals surface area contributed by atoms with Gasteiger partial charge < -0.3 is 9.64 Å². The van der Waals surface area contributed by atoms with Crippen molar-refractivity contribution in [1.82, 2.24) is 4.90 Å². The summed E-state index contributed by atoms with van der Waals surface area (Å²) in [7, 11) is 0. The molecule has 90 valence electrons. The van der Waals surface area contributed by atoms with Gasteiger partial charge in [0.25, 0.3) is 0 Å². The molecule has 1 amide bonds. The molecule has 6 heteroatoms. The molecule has 0 saturated carbocycles. The number of nitrogens with zero attached hydrogens (tertiary/aromatic N) is 1. The highest BCUT2D eigenvalue weighted by atomic mass is 35.5. The minimum absolute atomic E-state index is 0.0211. The number of rotatable bonds is 4. The van der Waals surface area contributed by atoms with Crippen LogP contribution in [0.1, 0.15) is 13.3 Å². The van der Waals surface area contributed by atoms with Gasteiger partial charge in [-0.2, -0.15) is 0 Å². The number of hydrogen-bond donors (Lipinski definition) is 1. The van der Waals surface area contributed by atoms with E-state index in [4.69, 9.17) is 16.3 Å². The standard InChI is InChI=1S/C10H15ClN2O3/c1-2-16-10(15)5-8-7-13(4-3-12-8)9(14)6-11/h2-7H2,1H3/p+1. The molecule has 0 spiro atoms. The molecule has 0 aliphatic carbocycles. The second kappa shape index (κ2) is 6.48. The SMILES string of the molecule is CCOC(=O)CC1=[NH+]CCN(C(=O)CCl)C1. The first-order chi connectivity index (χ1) is 7.67. The third-order valence-electron chi connectivity index (χ3n) is 2.27. The number of nitrogens with one attached hydrogen (secondary N) is 1. The zero-order valence-electron chi connectivity index (χ0n) is 9.29. The highest BCUT2D eigenvalue weighted by Crippen LogP contribution is 1.97. The number of esters is 1. The quantitative estimate of drug-likeness (QED) is 0.488. The Hall–Kier alpha value is -1.10.